The van der Waals surface area contributed by atoms with E-state index in [1.807, 2.05) is 6.20 Å². The van der Waals surface area contributed by atoms with Gasteiger partial charge in [0.1, 0.15) is 4.90 Å². The van der Waals surface area contributed by atoms with Crippen molar-refractivity contribution in [3.05, 3.63) is 70.5 Å². The van der Waals surface area contributed by atoms with Crippen molar-refractivity contribution in [3.8, 4) is 5.69 Å². The molecule has 9 heteroatoms. The highest BCUT2D eigenvalue weighted by Gasteiger charge is 2.21. The molecule has 0 spiro atoms. The van der Waals surface area contributed by atoms with Gasteiger partial charge in [-0.1, -0.05) is 29.8 Å². The first-order chi connectivity index (χ1) is 13.8. The first-order valence-corrected chi connectivity index (χ1v) is 11.0. The van der Waals surface area contributed by atoms with Crippen LogP contribution >= 0.6 is 11.6 Å². The standard InChI is InChI=1S/C20H19ClN4O3S/c21-16-6-2-1-4-13(16)10-20(26)23-15-8-9-18(19(11-15)29(22,27)28)25-12-14-5-3-7-17(14)24-25/h1-2,4,6,8-9,11-12H,3,5,7,10H2,(H,23,26)(H2,22,27,28). The number of aromatic nitrogens is 2. The number of rotatable bonds is 5. The molecule has 0 aliphatic heterocycles. The molecule has 1 aliphatic rings. The predicted octanol–water partition coefficient (Wildman–Crippen LogP) is 2.84. The normalized spacial score (nSPS) is 13.3. The fraction of sp³-hybridized carbons (Fsp3) is 0.200. The predicted molar refractivity (Wildman–Crippen MR) is 111 cm³/mol. The fourth-order valence-corrected chi connectivity index (χ4v) is 4.41. The average molecular weight is 431 g/mol. The highest BCUT2D eigenvalue weighted by Crippen LogP contribution is 2.27. The third kappa shape index (κ3) is 4.19. The summed E-state index contributed by atoms with van der Waals surface area (Å²) in [6.07, 6.45) is 4.76. The molecule has 1 amide bonds. The summed E-state index contributed by atoms with van der Waals surface area (Å²) in [5.74, 6) is -0.315. The molecule has 1 aliphatic carbocycles. The molecule has 0 unspecified atom stereocenters. The molecule has 0 saturated carbocycles. The molecule has 2 aromatic carbocycles. The number of hydrogen-bond acceptors (Lipinski definition) is 4. The first kappa shape index (κ1) is 19.6. The summed E-state index contributed by atoms with van der Waals surface area (Å²) in [5, 5.41) is 13.1. The van der Waals surface area contributed by atoms with E-state index in [9.17, 15) is 13.2 Å². The monoisotopic (exact) mass is 430 g/mol. The molecule has 1 aromatic heterocycles. The number of nitrogens with zero attached hydrogens (tertiary/aromatic N) is 2. The zero-order valence-corrected chi connectivity index (χ0v) is 17.0. The molecule has 150 valence electrons. The van der Waals surface area contributed by atoms with Gasteiger partial charge in [-0.3, -0.25) is 4.79 Å². The van der Waals surface area contributed by atoms with Crippen molar-refractivity contribution in [2.75, 3.05) is 5.32 Å². The molecule has 1 heterocycles. The third-order valence-corrected chi connectivity index (χ3v) is 6.15. The number of carbonyl (C=O) groups is 1. The Morgan fingerprint density at radius 1 is 1.21 bits per heavy atom. The number of amides is 1. The van der Waals surface area contributed by atoms with E-state index in [1.165, 1.54) is 6.07 Å². The van der Waals surface area contributed by atoms with Gasteiger partial charge in [0, 0.05) is 16.9 Å². The summed E-state index contributed by atoms with van der Waals surface area (Å²) in [5.41, 5.74) is 3.45. The van der Waals surface area contributed by atoms with E-state index in [0.29, 0.717) is 22.0 Å². The van der Waals surface area contributed by atoms with Gasteiger partial charge in [0.2, 0.25) is 15.9 Å². The Morgan fingerprint density at radius 2 is 2.00 bits per heavy atom. The Balaban J connectivity index is 1.62. The number of anilines is 1. The number of carbonyl (C=O) groups excluding carboxylic acids is 1. The SMILES string of the molecule is NS(=O)(=O)c1cc(NC(=O)Cc2ccccc2Cl)ccc1-n1cc2c(n1)CCC2. The average Bonchev–Trinajstić information content (AvgIpc) is 3.25. The van der Waals surface area contributed by atoms with Crippen LogP contribution in [-0.4, -0.2) is 24.1 Å². The number of nitrogens with one attached hydrogen (secondary N) is 1. The first-order valence-electron chi connectivity index (χ1n) is 9.09. The van der Waals surface area contributed by atoms with Gasteiger partial charge in [0.15, 0.2) is 0 Å². The molecule has 7 nitrogen and oxygen atoms in total. The molecular formula is C20H19ClN4O3S. The van der Waals surface area contributed by atoms with Gasteiger partial charge in [0.05, 0.1) is 17.8 Å². The Labute approximate surface area is 173 Å². The Hall–Kier alpha value is -2.68. The van der Waals surface area contributed by atoms with E-state index in [1.54, 1.807) is 41.1 Å². The van der Waals surface area contributed by atoms with Crippen molar-refractivity contribution < 1.29 is 13.2 Å². The maximum atomic E-state index is 12.4. The van der Waals surface area contributed by atoms with Gasteiger partial charge in [0.25, 0.3) is 0 Å². The zero-order valence-electron chi connectivity index (χ0n) is 15.4. The summed E-state index contributed by atoms with van der Waals surface area (Å²) >= 11 is 6.09. The number of benzene rings is 2. The van der Waals surface area contributed by atoms with Crippen LogP contribution in [0.15, 0.2) is 53.6 Å². The third-order valence-electron chi connectivity index (χ3n) is 4.84. The summed E-state index contributed by atoms with van der Waals surface area (Å²) in [6, 6.07) is 11.6. The van der Waals surface area contributed by atoms with Crippen molar-refractivity contribution in [2.45, 2.75) is 30.6 Å². The maximum absolute atomic E-state index is 12.4. The summed E-state index contributed by atoms with van der Waals surface area (Å²) in [7, 11) is -4.03. The molecular weight excluding hydrogens is 412 g/mol. The van der Waals surface area contributed by atoms with Crippen LogP contribution in [0.3, 0.4) is 0 Å². The molecule has 3 aromatic rings. The zero-order chi connectivity index (χ0) is 20.6. The van der Waals surface area contributed by atoms with Crippen molar-refractivity contribution in [1.29, 1.82) is 0 Å². The van der Waals surface area contributed by atoms with Crippen LogP contribution in [0.2, 0.25) is 5.02 Å². The minimum Gasteiger partial charge on any atom is -0.326 e. The van der Waals surface area contributed by atoms with Crippen LogP contribution in [0.5, 0.6) is 0 Å². The van der Waals surface area contributed by atoms with Gasteiger partial charge < -0.3 is 5.32 Å². The van der Waals surface area contributed by atoms with Crippen LogP contribution in [0, 0.1) is 0 Å². The summed E-state index contributed by atoms with van der Waals surface area (Å²) in [4.78, 5) is 12.3. The van der Waals surface area contributed by atoms with Crippen LogP contribution < -0.4 is 10.5 Å². The smallest absolute Gasteiger partial charge is 0.240 e. The highest BCUT2D eigenvalue weighted by atomic mass is 35.5. The van der Waals surface area contributed by atoms with Gasteiger partial charge in [-0.2, -0.15) is 5.10 Å². The van der Waals surface area contributed by atoms with Crippen LogP contribution in [-0.2, 0) is 34.1 Å². The number of sulfonamides is 1. The minimum atomic E-state index is -4.03. The molecule has 3 N–H and O–H groups in total. The number of halogens is 1. The summed E-state index contributed by atoms with van der Waals surface area (Å²) < 4.78 is 25.9. The van der Waals surface area contributed by atoms with E-state index >= 15 is 0 Å². The number of hydrogen-bond donors (Lipinski definition) is 2. The second kappa shape index (κ2) is 7.62. The lowest BCUT2D eigenvalue weighted by molar-refractivity contribution is -0.115. The molecule has 4 rings (SSSR count). The minimum absolute atomic E-state index is 0.0675. The van der Waals surface area contributed by atoms with Crippen LogP contribution in [0.1, 0.15) is 23.2 Å². The molecule has 0 bridgehead atoms. The Kier molecular flexibility index (Phi) is 5.16. The van der Waals surface area contributed by atoms with Crippen molar-refractivity contribution >= 4 is 33.2 Å². The Morgan fingerprint density at radius 3 is 2.72 bits per heavy atom. The Bertz CT molecular complexity index is 1180. The van der Waals surface area contributed by atoms with E-state index in [-0.39, 0.29) is 17.2 Å². The molecule has 0 fully saturated rings. The molecule has 29 heavy (non-hydrogen) atoms. The maximum Gasteiger partial charge on any atom is 0.240 e. The van der Waals surface area contributed by atoms with Crippen LogP contribution in [0.25, 0.3) is 5.69 Å². The number of aryl methyl sites for hydroxylation is 2. The largest absolute Gasteiger partial charge is 0.326 e. The van der Waals surface area contributed by atoms with E-state index in [0.717, 1.165) is 30.5 Å². The number of nitrogens with two attached hydrogens (primary N) is 1. The lowest BCUT2D eigenvalue weighted by atomic mass is 10.1. The van der Waals surface area contributed by atoms with Crippen molar-refractivity contribution in [1.82, 2.24) is 9.78 Å². The van der Waals surface area contributed by atoms with Crippen LogP contribution in [0.4, 0.5) is 5.69 Å². The quantitative estimate of drug-likeness (QED) is 0.648. The van der Waals surface area contributed by atoms with E-state index < -0.39 is 10.0 Å². The molecule has 0 saturated heterocycles. The second-order valence-corrected chi connectivity index (χ2v) is 8.88. The van der Waals surface area contributed by atoms with Crippen molar-refractivity contribution in [3.63, 3.8) is 0 Å². The number of fused-ring (bicyclic) bond motifs is 1. The van der Waals surface area contributed by atoms with E-state index in [4.69, 9.17) is 16.7 Å². The van der Waals surface area contributed by atoms with Gasteiger partial charge in [-0.25, -0.2) is 18.2 Å². The lowest BCUT2D eigenvalue weighted by Gasteiger charge is -2.12. The fourth-order valence-electron chi connectivity index (χ4n) is 3.46. The van der Waals surface area contributed by atoms with Crippen molar-refractivity contribution in [2.24, 2.45) is 5.14 Å². The van der Waals surface area contributed by atoms with Gasteiger partial charge in [-0.05, 0) is 54.7 Å². The van der Waals surface area contributed by atoms with Gasteiger partial charge >= 0.3 is 0 Å². The number of primary sulfonamides is 1. The molecule has 0 atom stereocenters. The highest BCUT2D eigenvalue weighted by molar-refractivity contribution is 7.89. The lowest BCUT2D eigenvalue weighted by Crippen LogP contribution is -2.18. The van der Waals surface area contributed by atoms with Gasteiger partial charge in [-0.15, -0.1) is 0 Å². The molecule has 0 radical (unpaired) electrons. The topological polar surface area (TPSA) is 107 Å². The second-order valence-electron chi connectivity index (χ2n) is 6.94. The van der Waals surface area contributed by atoms with E-state index in [2.05, 4.69) is 10.4 Å². The summed E-state index contributed by atoms with van der Waals surface area (Å²) in [6.45, 7) is 0.